The van der Waals surface area contributed by atoms with E-state index in [1.165, 1.54) is 16.9 Å². The quantitative estimate of drug-likeness (QED) is 0.875. The molecule has 2 aromatic heterocycles. The summed E-state index contributed by atoms with van der Waals surface area (Å²) in [4.78, 5) is 14.5. The van der Waals surface area contributed by atoms with Crippen molar-refractivity contribution in [1.29, 1.82) is 5.26 Å². The summed E-state index contributed by atoms with van der Waals surface area (Å²) in [6, 6.07) is 4.25. The van der Waals surface area contributed by atoms with Gasteiger partial charge in [-0.1, -0.05) is 0 Å². The van der Waals surface area contributed by atoms with Crippen LogP contribution in [0.4, 0.5) is 5.00 Å². The average Bonchev–Trinajstić information content (AvgIpc) is 3.28. The minimum atomic E-state index is -0.0328. The maximum atomic E-state index is 12.1. The Morgan fingerprint density at radius 2 is 2.46 bits per heavy atom. The Morgan fingerprint density at radius 1 is 1.58 bits per heavy atom. The van der Waals surface area contributed by atoms with Gasteiger partial charge in [-0.25, -0.2) is 0 Å². The van der Waals surface area contributed by atoms with E-state index in [-0.39, 0.29) is 5.91 Å². The van der Waals surface area contributed by atoms with Gasteiger partial charge in [-0.15, -0.1) is 11.3 Å². The Bertz CT molecular complexity index is 744. The van der Waals surface area contributed by atoms with Crippen molar-refractivity contribution >= 4 is 22.2 Å². The van der Waals surface area contributed by atoms with Gasteiger partial charge in [0.25, 0.3) is 0 Å². The first-order chi connectivity index (χ1) is 11.7. The number of aromatic nitrogens is 2. The molecule has 1 atom stereocenters. The van der Waals surface area contributed by atoms with Crippen molar-refractivity contribution < 1.29 is 4.79 Å². The fourth-order valence-electron chi connectivity index (χ4n) is 3.11. The molecule has 2 aromatic rings. The number of rotatable bonds is 6. The topological polar surface area (TPSA) is 74.0 Å². The molecule has 3 heterocycles. The smallest absolute Gasteiger partial charge is 0.226 e. The normalized spacial score (nSPS) is 17.8. The van der Waals surface area contributed by atoms with E-state index >= 15 is 0 Å². The van der Waals surface area contributed by atoms with Crippen LogP contribution in [0.1, 0.15) is 30.4 Å². The van der Waals surface area contributed by atoms with Crippen LogP contribution >= 0.6 is 11.3 Å². The van der Waals surface area contributed by atoms with Crippen LogP contribution in [-0.2, 0) is 11.3 Å². The van der Waals surface area contributed by atoms with Gasteiger partial charge in [0.2, 0.25) is 5.91 Å². The lowest BCUT2D eigenvalue weighted by Gasteiger charge is -2.24. The van der Waals surface area contributed by atoms with Gasteiger partial charge >= 0.3 is 0 Å². The Morgan fingerprint density at radius 3 is 3.21 bits per heavy atom. The SMILES string of the molecule is Cc1cnn(C[C@@H]2CCCN2CCC(=O)Nc2sccc2C#N)c1. The number of anilines is 1. The van der Waals surface area contributed by atoms with Gasteiger partial charge in [0.1, 0.15) is 11.1 Å². The maximum absolute atomic E-state index is 12.1. The Kier molecular flexibility index (Phi) is 5.28. The van der Waals surface area contributed by atoms with Gasteiger partial charge in [-0.05, 0) is 43.3 Å². The molecule has 6 nitrogen and oxygen atoms in total. The lowest BCUT2D eigenvalue weighted by Crippen LogP contribution is -2.35. The van der Waals surface area contributed by atoms with Gasteiger partial charge < -0.3 is 5.32 Å². The monoisotopic (exact) mass is 343 g/mol. The van der Waals surface area contributed by atoms with E-state index in [1.54, 1.807) is 6.07 Å². The molecule has 0 unspecified atom stereocenters. The molecule has 126 valence electrons. The van der Waals surface area contributed by atoms with Crippen LogP contribution in [0.3, 0.4) is 0 Å². The van der Waals surface area contributed by atoms with Crippen LogP contribution in [0.2, 0.25) is 0 Å². The van der Waals surface area contributed by atoms with Crippen molar-refractivity contribution in [2.24, 2.45) is 0 Å². The minimum Gasteiger partial charge on any atom is -0.317 e. The molecule has 1 saturated heterocycles. The second-order valence-electron chi connectivity index (χ2n) is 6.15. The van der Waals surface area contributed by atoms with Crippen molar-refractivity contribution in [2.45, 2.75) is 38.8 Å². The molecule has 0 bridgehead atoms. The summed E-state index contributed by atoms with van der Waals surface area (Å²) < 4.78 is 1.99. The zero-order valence-electron chi connectivity index (χ0n) is 13.7. The highest BCUT2D eigenvalue weighted by Crippen LogP contribution is 2.23. The third kappa shape index (κ3) is 4.02. The van der Waals surface area contributed by atoms with Crippen LogP contribution in [0.5, 0.6) is 0 Å². The number of nitrogens with zero attached hydrogens (tertiary/aromatic N) is 4. The molecule has 1 aliphatic rings. The van der Waals surface area contributed by atoms with E-state index in [0.717, 1.165) is 32.5 Å². The van der Waals surface area contributed by atoms with Gasteiger partial charge in [0.15, 0.2) is 0 Å². The third-order valence-electron chi connectivity index (χ3n) is 4.32. The number of hydrogen-bond acceptors (Lipinski definition) is 5. The van der Waals surface area contributed by atoms with Gasteiger partial charge in [-0.3, -0.25) is 14.4 Å². The number of amides is 1. The van der Waals surface area contributed by atoms with Gasteiger partial charge in [0, 0.05) is 25.2 Å². The molecule has 0 radical (unpaired) electrons. The number of carbonyl (C=O) groups excluding carboxylic acids is 1. The summed E-state index contributed by atoms with van der Waals surface area (Å²) in [6.07, 6.45) is 6.68. The molecule has 1 aliphatic heterocycles. The molecule has 1 amide bonds. The van der Waals surface area contributed by atoms with E-state index in [9.17, 15) is 4.79 Å². The van der Waals surface area contributed by atoms with Crippen molar-refractivity contribution in [1.82, 2.24) is 14.7 Å². The highest BCUT2D eigenvalue weighted by Gasteiger charge is 2.25. The van der Waals surface area contributed by atoms with Crippen molar-refractivity contribution in [3.8, 4) is 6.07 Å². The molecule has 0 saturated carbocycles. The summed E-state index contributed by atoms with van der Waals surface area (Å²) in [5.74, 6) is -0.0328. The average molecular weight is 343 g/mol. The highest BCUT2D eigenvalue weighted by atomic mass is 32.1. The first kappa shape index (κ1) is 16.7. The molecule has 0 spiro atoms. The third-order valence-corrected chi connectivity index (χ3v) is 5.15. The first-order valence-electron chi connectivity index (χ1n) is 8.16. The molecule has 24 heavy (non-hydrogen) atoms. The Balaban J connectivity index is 1.50. The lowest BCUT2D eigenvalue weighted by atomic mass is 10.2. The van der Waals surface area contributed by atoms with Crippen LogP contribution in [-0.4, -0.2) is 39.7 Å². The van der Waals surface area contributed by atoms with Crippen molar-refractivity contribution in [2.75, 3.05) is 18.4 Å². The summed E-state index contributed by atoms with van der Waals surface area (Å²) in [5.41, 5.74) is 1.70. The lowest BCUT2D eigenvalue weighted by molar-refractivity contribution is -0.116. The summed E-state index contributed by atoms with van der Waals surface area (Å²) in [6.45, 7) is 4.68. The standard InChI is InChI=1S/C17H21N5OS/c1-13-10-19-22(11-13)12-15-3-2-6-21(15)7-4-16(23)20-17-14(9-18)5-8-24-17/h5,8,10-11,15H,2-4,6-7,12H2,1H3,(H,20,23)/t15-/m0/s1. The number of hydrogen-bond donors (Lipinski definition) is 1. The molecule has 1 fully saturated rings. The summed E-state index contributed by atoms with van der Waals surface area (Å²) in [5, 5.41) is 18.7. The molecular formula is C17H21N5OS. The predicted molar refractivity (Wildman–Crippen MR) is 93.8 cm³/mol. The molecular weight excluding hydrogens is 322 g/mol. The number of carbonyl (C=O) groups is 1. The van der Waals surface area contributed by atoms with E-state index < -0.39 is 0 Å². The molecule has 3 rings (SSSR count). The number of nitriles is 1. The first-order valence-corrected chi connectivity index (χ1v) is 9.04. The van der Waals surface area contributed by atoms with Gasteiger partial charge in [0.05, 0.1) is 18.3 Å². The second kappa shape index (κ2) is 7.60. The number of nitrogens with one attached hydrogen (secondary N) is 1. The van der Waals surface area contributed by atoms with Crippen LogP contribution in [0, 0.1) is 18.3 Å². The zero-order chi connectivity index (χ0) is 16.9. The van der Waals surface area contributed by atoms with Crippen molar-refractivity contribution in [3.05, 3.63) is 35.0 Å². The van der Waals surface area contributed by atoms with Crippen LogP contribution < -0.4 is 5.32 Å². The van der Waals surface area contributed by atoms with Crippen LogP contribution in [0.25, 0.3) is 0 Å². The second-order valence-corrected chi connectivity index (χ2v) is 7.06. The van der Waals surface area contributed by atoms with E-state index in [2.05, 4.69) is 27.6 Å². The van der Waals surface area contributed by atoms with Crippen molar-refractivity contribution in [3.63, 3.8) is 0 Å². The maximum Gasteiger partial charge on any atom is 0.226 e. The molecule has 1 N–H and O–H groups in total. The highest BCUT2D eigenvalue weighted by molar-refractivity contribution is 7.14. The number of likely N-dealkylation sites (tertiary alicyclic amines) is 1. The fourth-order valence-corrected chi connectivity index (χ4v) is 3.86. The Labute approximate surface area is 145 Å². The minimum absolute atomic E-state index is 0.0328. The Hall–Kier alpha value is -2.17. The molecule has 0 aromatic carbocycles. The summed E-state index contributed by atoms with van der Waals surface area (Å²) in [7, 11) is 0. The molecule has 0 aliphatic carbocycles. The number of aryl methyl sites for hydroxylation is 1. The summed E-state index contributed by atoms with van der Waals surface area (Å²) >= 11 is 1.39. The van der Waals surface area contributed by atoms with E-state index in [0.29, 0.717) is 23.0 Å². The van der Waals surface area contributed by atoms with E-state index in [4.69, 9.17) is 5.26 Å². The zero-order valence-corrected chi connectivity index (χ0v) is 14.6. The number of thiophene rings is 1. The fraction of sp³-hybridized carbons (Fsp3) is 0.471. The van der Waals surface area contributed by atoms with Crippen LogP contribution in [0.15, 0.2) is 23.8 Å². The molecule has 7 heteroatoms. The van der Waals surface area contributed by atoms with E-state index in [1.807, 2.05) is 23.2 Å². The van der Waals surface area contributed by atoms with Gasteiger partial charge in [-0.2, -0.15) is 10.4 Å². The predicted octanol–water partition coefficient (Wildman–Crippen LogP) is 2.62. The largest absolute Gasteiger partial charge is 0.317 e.